The lowest BCUT2D eigenvalue weighted by Crippen LogP contribution is -2.30. The van der Waals surface area contributed by atoms with E-state index < -0.39 is 5.97 Å². The van der Waals surface area contributed by atoms with Crippen LogP contribution in [-0.4, -0.2) is 33.3 Å². The number of carboxylic acids is 1. The number of carbonyl (C=O) groups excluding carboxylic acids is 1. The van der Waals surface area contributed by atoms with E-state index in [1.807, 2.05) is 37.3 Å². The average molecular weight is 315 g/mol. The van der Waals surface area contributed by atoms with Gasteiger partial charge >= 0.3 is 5.97 Å². The van der Waals surface area contributed by atoms with E-state index >= 15 is 0 Å². The van der Waals surface area contributed by atoms with Gasteiger partial charge in [0, 0.05) is 13.0 Å². The molecule has 2 aromatic rings. The van der Waals surface area contributed by atoms with Crippen LogP contribution in [0, 0.1) is 19.8 Å². The molecule has 1 atom stereocenters. The van der Waals surface area contributed by atoms with Crippen LogP contribution in [0.5, 0.6) is 0 Å². The summed E-state index contributed by atoms with van der Waals surface area (Å²) in [5, 5.41) is 16.0. The zero-order valence-corrected chi connectivity index (χ0v) is 13.5. The molecule has 0 saturated heterocycles. The van der Waals surface area contributed by atoms with Crippen molar-refractivity contribution < 1.29 is 14.7 Å². The highest BCUT2D eigenvalue weighted by atomic mass is 16.4. The van der Waals surface area contributed by atoms with Crippen LogP contribution in [0.2, 0.25) is 0 Å². The number of amides is 1. The van der Waals surface area contributed by atoms with E-state index in [4.69, 9.17) is 5.11 Å². The van der Waals surface area contributed by atoms with Gasteiger partial charge in [0.25, 0.3) is 5.91 Å². The molecule has 6 nitrogen and oxygen atoms in total. The third-order valence-corrected chi connectivity index (χ3v) is 3.65. The fraction of sp³-hybridized carbons (Fsp3) is 0.353. The number of aromatic nitrogens is 2. The molecule has 1 aromatic heterocycles. The Hall–Kier alpha value is -2.63. The summed E-state index contributed by atoms with van der Waals surface area (Å²) in [4.78, 5) is 23.1. The van der Waals surface area contributed by atoms with Crippen molar-refractivity contribution in [3.05, 3.63) is 47.3 Å². The molecule has 2 N–H and O–H groups in total. The van der Waals surface area contributed by atoms with Gasteiger partial charge in [-0.05, 0) is 31.9 Å². The number of rotatable bonds is 6. The van der Waals surface area contributed by atoms with Crippen LogP contribution in [0.25, 0.3) is 5.69 Å². The predicted octanol–water partition coefficient (Wildman–Crippen LogP) is 2.33. The molecule has 1 aromatic carbocycles. The fourth-order valence-electron chi connectivity index (χ4n) is 2.52. The molecule has 0 spiro atoms. The van der Waals surface area contributed by atoms with Crippen molar-refractivity contribution in [1.29, 1.82) is 0 Å². The Bertz CT molecular complexity index is 707. The number of nitrogens with one attached hydrogen (secondary N) is 1. The highest BCUT2D eigenvalue weighted by Crippen LogP contribution is 2.17. The number of carbonyl (C=O) groups is 2. The Labute approximate surface area is 135 Å². The number of hydrogen-bond acceptors (Lipinski definition) is 3. The number of para-hydroxylation sites is 1. The lowest BCUT2D eigenvalue weighted by atomic mass is 10.1. The Morgan fingerprint density at radius 3 is 2.52 bits per heavy atom. The molecule has 122 valence electrons. The van der Waals surface area contributed by atoms with Gasteiger partial charge in [-0.1, -0.05) is 25.1 Å². The second-order valence-electron chi connectivity index (χ2n) is 5.71. The third-order valence-electron chi connectivity index (χ3n) is 3.65. The second-order valence-corrected chi connectivity index (χ2v) is 5.71. The standard InChI is InChI=1S/C17H21N3O3/c1-11(9-15(21)22)10-18-17(23)16-12(2)19-20(13(16)3)14-7-5-4-6-8-14/h4-8,11H,9-10H2,1-3H3,(H,18,23)(H,21,22). The number of carboxylic acid groups (broad SMARTS) is 1. The molecular formula is C17H21N3O3. The lowest BCUT2D eigenvalue weighted by molar-refractivity contribution is -0.137. The monoisotopic (exact) mass is 315 g/mol. The van der Waals surface area contributed by atoms with Crippen LogP contribution in [0.3, 0.4) is 0 Å². The van der Waals surface area contributed by atoms with E-state index in [1.165, 1.54) is 0 Å². The molecule has 1 amide bonds. The maximum Gasteiger partial charge on any atom is 0.303 e. The van der Waals surface area contributed by atoms with Crippen molar-refractivity contribution in [2.75, 3.05) is 6.54 Å². The molecule has 2 rings (SSSR count). The zero-order valence-electron chi connectivity index (χ0n) is 13.5. The number of aryl methyl sites for hydroxylation is 1. The summed E-state index contributed by atoms with van der Waals surface area (Å²) < 4.78 is 1.74. The van der Waals surface area contributed by atoms with Gasteiger partial charge in [0.15, 0.2) is 0 Å². The van der Waals surface area contributed by atoms with Crippen molar-refractivity contribution in [1.82, 2.24) is 15.1 Å². The maximum atomic E-state index is 12.4. The van der Waals surface area contributed by atoms with Gasteiger partial charge in [-0.15, -0.1) is 0 Å². The highest BCUT2D eigenvalue weighted by molar-refractivity contribution is 5.96. The first-order valence-corrected chi connectivity index (χ1v) is 7.51. The van der Waals surface area contributed by atoms with Gasteiger partial charge in [-0.3, -0.25) is 9.59 Å². The molecule has 0 aliphatic rings. The normalized spacial score (nSPS) is 12.0. The van der Waals surface area contributed by atoms with Crippen LogP contribution in [0.15, 0.2) is 30.3 Å². The fourth-order valence-corrected chi connectivity index (χ4v) is 2.52. The maximum absolute atomic E-state index is 12.4. The van der Waals surface area contributed by atoms with Crippen molar-refractivity contribution in [2.24, 2.45) is 5.92 Å². The predicted molar refractivity (Wildman–Crippen MR) is 86.8 cm³/mol. The summed E-state index contributed by atoms with van der Waals surface area (Å²) in [6.45, 7) is 5.76. The Morgan fingerprint density at radius 1 is 1.26 bits per heavy atom. The first-order valence-electron chi connectivity index (χ1n) is 7.51. The number of hydrogen-bond donors (Lipinski definition) is 2. The van der Waals surface area contributed by atoms with Crippen molar-refractivity contribution >= 4 is 11.9 Å². The van der Waals surface area contributed by atoms with Gasteiger partial charge in [-0.25, -0.2) is 4.68 Å². The van der Waals surface area contributed by atoms with E-state index in [1.54, 1.807) is 18.5 Å². The molecule has 6 heteroatoms. The topological polar surface area (TPSA) is 84.2 Å². The van der Waals surface area contributed by atoms with Crippen molar-refractivity contribution in [3.8, 4) is 5.69 Å². The molecule has 23 heavy (non-hydrogen) atoms. The van der Waals surface area contributed by atoms with Crippen LogP contribution in [0.4, 0.5) is 0 Å². The zero-order chi connectivity index (χ0) is 17.0. The quantitative estimate of drug-likeness (QED) is 0.857. The van der Waals surface area contributed by atoms with Crippen LogP contribution >= 0.6 is 0 Å². The molecular weight excluding hydrogens is 294 g/mol. The van der Waals surface area contributed by atoms with Crippen LogP contribution in [-0.2, 0) is 4.79 Å². The van der Waals surface area contributed by atoms with Gasteiger partial charge < -0.3 is 10.4 Å². The second kappa shape index (κ2) is 7.09. The van der Waals surface area contributed by atoms with Crippen LogP contribution in [0.1, 0.15) is 35.1 Å². The summed E-state index contributed by atoms with van der Waals surface area (Å²) >= 11 is 0. The summed E-state index contributed by atoms with van der Waals surface area (Å²) in [7, 11) is 0. The Kier molecular flexibility index (Phi) is 5.16. The lowest BCUT2D eigenvalue weighted by Gasteiger charge is -2.10. The number of nitrogens with zero attached hydrogens (tertiary/aromatic N) is 2. The number of aliphatic carboxylic acids is 1. The minimum absolute atomic E-state index is 0.0293. The molecule has 0 radical (unpaired) electrons. The van der Waals surface area contributed by atoms with Gasteiger partial charge in [0.05, 0.1) is 22.6 Å². The average Bonchev–Trinajstić information content (AvgIpc) is 2.80. The SMILES string of the molecule is Cc1nn(-c2ccccc2)c(C)c1C(=O)NCC(C)CC(=O)O. The summed E-state index contributed by atoms with van der Waals surface area (Å²) in [5.74, 6) is -1.21. The minimum atomic E-state index is -0.865. The van der Waals surface area contributed by atoms with E-state index in [0.717, 1.165) is 11.4 Å². The molecule has 0 aliphatic carbocycles. The molecule has 0 fully saturated rings. The first kappa shape index (κ1) is 16.7. The first-order chi connectivity index (χ1) is 10.9. The van der Waals surface area contributed by atoms with Gasteiger partial charge in [0.2, 0.25) is 0 Å². The molecule has 1 unspecified atom stereocenters. The van der Waals surface area contributed by atoms with Crippen molar-refractivity contribution in [3.63, 3.8) is 0 Å². The molecule has 0 bridgehead atoms. The Morgan fingerprint density at radius 2 is 1.91 bits per heavy atom. The van der Waals surface area contributed by atoms with Crippen LogP contribution < -0.4 is 5.32 Å². The molecule has 0 aliphatic heterocycles. The Balaban J connectivity index is 2.15. The van der Waals surface area contributed by atoms with E-state index in [2.05, 4.69) is 10.4 Å². The van der Waals surface area contributed by atoms with E-state index in [0.29, 0.717) is 17.8 Å². The summed E-state index contributed by atoms with van der Waals surface area (Å²) in [5.41, 5.74) is 2.84. The highest BCUT2D eigenvalue weighted by Gasteiger charge is 2.20. The minimum Gasteiger partial charge on any atom is -0.481 e. The third kappa shape index (κ3) is 3.97. The summed E-state index contributed by atoms with van der Waals surface area (Å²) in [6.07, 6.45) is 0.0293. The molecule has 0 saturated carbocycles. The van der Waals surface area contributed by atoms with E-state index in [9.17, 15) is 9.59 Å². The largest absolute Gasteiger partial charge is 0.481 e. The number of benzene rings is 1. The van der Waals surface area contributed by atoms with Gasteiger partial charge in [-0.2, -0.15) is 5.10 Å². The smallest absolute Gasteiger partial charge is 0.303 e. The molecule has 1 heterocycles. The van der Waals surface area contributed by atoms with Crippen molar-refractivity contribution in [2.45, 2.75) is 27.2 Å². The van der Waals surface area contributed by atoms with Gasteiger partial charge in [0.1, 0.15) is 0 Å². The van der Waals surface area contributed by atoms with E-state index in [-0.39, 0.29) is 18.2 Å². The summed E-state index contributed by atoms with van der Waals surface area (Å²) in [6, 6.07) is 9.61.